The number of carbonyl (C=O) groups excluding carboxylic acids is 1. The molecule has 4 rings (SSSR count). The van der Waals surface area contributed by atoms with Gasteiger partial charge in [-0.05, 0) is 32.0 Å². The first-order valence-electron chi connectivity index (χ1n) is 8.49. The number of benzene rings is 1. The first-order chi connectivity index (χ1) is 12.2. The van der Waals surface area contributed by atoms with Crippen LogP contribution < -0.4 is 10.9 Å². The number of hydrogen-bond donors (Lipinski definition) is 1. The summed E-state index contributed by atoms with van der Waals surface area (Å²) in [6.07, 6.45) is 3.29. The molecular formula is C18H21ClN4O3. The molecule has 0 radical (unpaired) electrons. The van der Waals surface area contributed by atoms with E-state index in [9.17, 15) is 9.59 Å². The summed E-state index contributed by atoms with van der Waals surface area (Å²) in [7, 11) is 1.94. The number of furan rings is 1. The number of carbonyl (C=O) groups is 1. The van der Waals surface area contributed by atoms with E-state index in [0.29, 0.717) is 30.2 Å². The van der Waals surface area contributed by atoms with Gasteiger partial charge >= 0.3 is 0 Å². The number of nitrogens with zero attached hydrogens (tertiary/aromatic N) is 3. The van der Waals surface area contributed by atoms with Crippen LogP contribution in [0.25, 0.3) is 22.1 Å². The quantitative estimate of drug-likeness (QED) is 0.753. The molecule has 1 amide bonds. The van der Waals surface area contributed by atoms with Crippen molar-refractivity contribution in [3.63, 3.8) is 0 Å². The topological polar surface area (TPSA) is 80.4 Å². The van der Waals surface area contributed by atoms with E-state index in [-0.39, 0.29) is 36.0 Å². The predicted octanol–water partition coefficient (Wildman–Crippen LogP) is 1.77. The number of piperidine rings is 1. The average Bonchev–Trinajstić information content (AvgIpc) is 3.03. The van der Waals surface area contributed by atoms with E-state index in [0.717, 1.165) is 18.2 Å². The summed E-state index contributed by atoms with van der Waals surface area (Å²) in [5.41, 5.74) is 1.05. The molecular weight excluding hydrogens is 356 g/mol. The number of fused-ring (bicyclic) bond motifs is 3. The molecule has 1 aromatic carbocycles. The van der Waals surface area contributed by atoms with Crippen molar-refractivity contribution in [3.05, 3.63) is 40.9 Å². The molecule has 2 aromatic heterocycles. The van der Waals surface area contributed by atoms with Gasteiger partial charge in [0.2, 0.25) is 11.5 Å². The molecule has 0 saturated carbocycles. The second-order valence-electron chi connectivity index (χ2n) is 6.40. The molecule has 1 fully saturated rings. The maximum absolute atomic E-state index is 12.7. The summed E-state index contributed by atoms with van der Waals surface area (Å²) in [6, 6.07) is 7.86. The number of rotatable bonds is 3. The highest BCUT2D eigenvalue weighted by Crippen LogP contribution is 2.24. The van der Waals surface area contributed by atoms with Crippen molar-refractivity contribution in [2.24, 2.45) is 0 Å². The largest absolute Gasteiger partial charge is 0.448 e. The summed E-state index contributed by atoms with van der Waals surface area (Å²) in [5.74, 6) is -0.0612. The van der Waals surface area contributed by atoms with Crippen LogP contribution in [-0.2, 0) is 11.3 Å². The van der Waals surface area contributed by atoms with Crippen molar-refractivity contribution in [2.75, 3.05) is 20.1 Å². The molecule has 3 heterocycles. The molecule has 0 bridgehead atoms. The second kappa shape index (κ2) is 7.47. The van der Waals surface area contributed by atoms with Gasteiger partial charge in [-0.2, -0.15) is 0 Å². The van der Waals surface area contributed by atoms with Gasteiger partial charge in [0.05, 0.1) is 6.33 Å². The van der Waals surface area contributed by atoms with Crippen LogP contribution in [0.4, 0.5) is 0 Å². The Kier molecular flexibility index (Phi) is 5.29. The molecule has 1 aliphatic rings. The highest BCUT2D eigenvalue weighted by Gasteiger charge is 2.22. The fourth-order valence-corrected chi connectivity index (χ4v) is 3.39. The van der Waals surface area contributed by atoms with E-state index in [1.54, 1.807) is 6.07 Å². The standard InChI is InChI=1S/C18H20N4O3.ClH/c1-19-12-6-8-21(9-7-12)15(23)10-22-11-20-16-13-4-2-3-5-14(13)25-17(16)18(22)24;/h2-5,11-12,19H,6-10H2,1H3;1H. The molecule has 3 aromatic rings. The Balaban J connectivity index is 0.00000196. The highest BCUT2D eigenvalue weighted by atomic mass is 35.5. The molecule has 0 unspecified atom stereocenters. The first kappa shape index (κ1) is 18.4. The summed E-state index contributed by atoms with van der Waals surface area (Å²) in [6.45, 7) is 1.40. The van der Waals surface area contributed by atoms with Crippen molar-refractivity contribution in [2.45, 2.75) is 25.4 Å². The molecule has 138 valence electrons. The summed E-state index contributed by atoms with van der Waals surface area (Å²) < 4.78 is 6.98. The zero-order valence-electron chi connectivity index (χ0n) is 14.5. The van der Waals surface area contributed by atoms with Crippen LogP contribution in [0.1, 0.15) is 12.8 Å². The van der Waals surface area contributed by atoms with Gasteiger partial charge in [0.25, 0.3) is 5.56 Å². The van der Waals surface area contributed by atoms with Crippen LogP contribution in [-0.4, -0.2) is 46.5 Å². The highest BCUT2D eigenvalue weighted by molar-refractivity contribution is 6.01. The van der Waals surface area contributed by atoms with Gasteiger partial charge in [0.1, 0.15) is 17.6 Å². The molecule has 26 heavy (non-hydrogen) atoms. The summed E-state index contributed by atoms with van der Waals surface area (Å²) >= 11 is 0. The number of halogens is 1. The van der Waals surface area contributed by atoms with Gasteiger partial charge in [-0.1, -0.05) is 12.1 Å². The predicted molar refractivity (Wildman–Crippen MR) is 102 cm³/mol. The Labute approximate surface area is 156 Å². The monoisotopic (exact) mass is 376 g/mol. The van der Waals surface area contributed by atoms with Crippen LogP contribution in [0.5, 0.6) is 0 Å². The van der Waals surface area contributed by atoms with E-state index >= 15 is 0 Å². The Morgan fingerprint density at radius 1 is 1.31 bits per heavy atom. The lowest BCUT2D eigenvalue weighted by Gasteiger charge is -2.31. The smallest absolute Gasteiger partial charge is 0.297 e. The zero-order chi connectivity index (χ0) is 17.4. The van der Waals surface area contributed by atoms with Crippen LogP contribution in [0, 0.1) is 0 Å². The van der Waals surface area contributed by atoms with Crippen LogP contribution in [0.15, 0.2) is 39.8 Å². The van der Waals surface area contributed by atoms with Gasteiger partial charge in [-0.15, -0.1) is 12.4 Å². The Morgan fingerprint density at radius 2 is 2.04 bits per heavy atom. The third kappa shape index (κ3) is 3.20. The minimum atomic E-state index is -0.320. The lowest BCUT2D eigenvalue weighted by atomic mass is 10.1. The molecule has 0 aliphatic carbocycles. The van der Waals surface area contributed by atoms with Gasteiger partial charge in [-0.3, -0.25) is 14.2 Å². The molecule has 7 nitrogen and oxygen atoms in total. The second-order valence-corrected chi connectivity index (χ2v) is 6.40. The van der Waals surface area contributed by atoms with Crippen LogP contribution >= 0.6 is 12.4 Å². The number of para-hydroxylation sites is 1. The fraction of sp³-hybridized carbons (Fsp3) is 0.389. The van der Waals surface area contributed by atoms with Gasteiger partial charge < -0.3 is 14.6 Å². The van der Waals surface area contributed by atoms with Crippen molar-refractivity contribution < 1.29 is 9.21 Å². The average molecular weight is 377 g/mol. The maximum Gasteiger partial charge on any atom is 0.297 e. The Morgan fingerprint density at radius 3 is 2.77 bits per heavy atom. The number of aromatic nitrogens is 2. The van der Waals surface area contributed by atoms with E-state index in [1.165, 1.54) is 10.9 Å². The van der Waals surface area contributed by atoms with Gasteiger partial charge in [0, 0.05) is 24.5 Å². The number of amides is 1. The van der Waals surface area contributed by atoms with E-state index < -0.39 is 0 Å². The maximum atomic E-state index is 12.7. The first-order valence-corrected chi connectivity index (χ1v) is 8.49. The van der Waals surface area contributed by atoms with E-state index in [1.807, 2.05) is 30.1 Å². The Hall–Kier alpha value is -2.38. The minimum absolute atomic E-state index is 0. The number of likely N-dealkylation sites (tertiary alicyclic amines) is 1. The van der Waals surface area contributed by atoms with Crippen LogP contribution in [0.3, 0.4) is 0 Å². The zero-order valence-corrected chi connectivity index (χ0v) is 15.3. The van der Waals surface area contributed by atoms with E-state index in [4.69, 9.17) is 4.42 Å². The number of nitrogens with one attached hydrogen (secondary N) is 1. The lowest BCUT2D eigenvalue weighted by Crippen LogP contribution is -2.45. The minimum Gasteiger partial charge on any atom is -0.448 e. The molecule has 1 saturated heterocycles. The number of hydrogen-bond acceptors (Lipinski definition) is 5. The summed E-state index contributed by atoms with van der Waals surface area (Å²) in [5, 5.41) is 4.05. The SMILES string of the molecule is CNC1CCN(C(=O)Cn2cnc3c(oc4ccccc43)c2=O)CC1.Cl. The molecule has 1 N–H and O–H groups in total. The lowest BCUT2D eigenvalue weighted by molar-refractivity contribution is -0.133. The normalized spacial score (nSPS) is 15.3. The molecule has 0 spiro atoms. The van der Waals surface area contributed by atoms with Crippen molar-refractivity contribution in [3.8, 4) is 0 Å². The van der Waals surface area contributed by atoms with Crippen molar-refractivity contribution >= 4 is 40.4 Å². The van der Waals surface area contributed by atoms with Crippen LogP contribution in [0.2, 0.25) is 0 Å². The van der Waals surface area contributed by atoms with Gasteiger partial charge in [0.15, 0.2) is 0 Å². The Bertz CT molecular complexity index is 989. The molecule has 0 atom stereocenters. The third-order valence-corrected chi connectivity index (χ3v) is 4.91. The summed E-state index contributed by atoms with van der Waals surface area (Å²) in [4.78, 5) is 31.3. The van der Waals surface area contributed by atoms with Gasteiger partial charge in [-0.25, -0.2) is 4.98 Å². The van der Waals surface area contributed by atoms with Crippen molar-refractivity contribution in [1.29, 1.82) is 0 Å². The van der Waals surface area contributed by atoms with Crippen molar-refractivity contribution in [1.82, 2.24) is 19.8 Å². The third-order valence-electron chi connectivity index (χ3n) is 4.91. The molecule has 1 aliphatic heterocycles. The fourth-order valence-electron chi connectivity index (χ4n) is 3.39. The van der Waals surface area contributed by atoms with E-state index in [2.05, 4.69) is 10.3 Å². The molecule has 8 heteroatoms.